The molecular weight excluding hydrogens is 314 g/mol. The van der Waals surface area contributed by atoms with Crippen molar-refractivity contribution in [3.63, 3.8) is 0 Å². The molecule has 3 heterocycles. The fourth-order valence-electron chi connectivity index (χ4n) is 3.15. The molecule has 1 unspecified atom stereocenters. The summed E-state index contributed by atoms with van der Waals surface area (Å²) in [6.45, 7) is 1.52. The van der Waals surface area contributed by atoms with Crippen molar-refractivity contribution in [3.05, 3.63) is 29.5 Å². The molecule has 1 aromatic carbocycles. The highest BCUT2D eigenvalue weighted by Gasteiger charge is 2.23. The van der Waals surface area contributed by atoms with Crippen LogP contribution < -0.4 is 10.6 Å². The van der Waals surface area contributed by atoms with Gasteiger partial charge in [-0.05, 0) is 37.6 Å². The van der Waals surface area contributed by atoms with Crippen LogP contribution in [0.2, 0.25) is 5.02 Å². The van der Waals surface area contributed by atoms with Crippen molar-refractivity contribution in [2.45, 2.75) is 25.0 Å². The molecule has 7 heteroatoms. The van der Waals surface area contributed by atoms with Crippen molar-refractivity contribution in [1.82, 2.24) is 20.3 Å². The van der Waals surface area contributed by atoms with Crippen molar-refractivity contribution >= 4 is 39.4 Å². The van der Waals surface area contributed by atoms with E-state index in [-0.39, 0.29) is 6.04 Å². The lowest BCUT2D eigenvalue weighted by atomic mass is 10.1. The van der Waals surface area contributed by atoms with Crippen LogP contribution in [0.4, 0.5) is 5.82 Å². The second kappa shape index (κ2) is 5.96. The summed E-state index contributed by atoms with van der Waals surface area (Å²) in [5.41, 5.74) is 2.64. The summed E-state index contributed by atoms with van der Waals surface area (Å²) in [7, 11) is 0. The number of halogens is 1. The van der Waals surface area contributed by atoms with E-state index in [0.717, 1.165) is 41.3 Å². The predicted molar refractivity (Wildman–Crippen MR) is 91.9 cm³/mol. The van der Waals surface area contributed by atoms with Gasteiger partial charge in [-0.3, -0.25) is 0 Å². The summed E-state index contributed by atoms with van der Waals surface area (Å²) in [5.74, 6) is 0.716. The van der Waals surface area contributed by atoms with Gasteiger partial charge in [-0.1, -0.05) is 11.6 Å². The van der Waals surface area contributed by atoms with Crippen LogP contribution in [0, 0.1) is 0 Å². The molecule has 0 spiro atoms. The number of aliphatic hydroxyl groups is 1. The lowest BCUT2D eigenvalue weighted by molar-refractivity contribution is 0.155. The number of hydrogen-bond acceptors (Lipinski definition) is 5. The summed E-state index contributed by atoms with van der Waals surface area (Å²) >= 11 is 6.10. The Hall–Kier alpha value is -1.89. The van der Waals surface area contributed by atoms with Crippen LogP contribution in [0.15, 0.2) is 24.5 Å². The molecule has 1 saturated heterocycles. The van der Waals surface area contributed by atoms with Gasteiger partial charge in [0, 0.05) is 22.5 Å². The molecular formula is C16H18ClN5O. The Bertz CT molecular complexity index is 849. The largest absolute Gasteiger partial charge is 0.390 e. The molecule has 0 amide bonds. The predicted octanol–water partition coefficient (Wildman–Crippen LogP) is 2.29. The zero-order valence-corrected chi connectivity index (χ0v) is 13.3. The highest BCUT2D eigenvalue weighted by atomic mass is 35.5. The first-order valence-corrected chi connectivity index (χ1v) is 8.17. The lowest BCUT2D eigenvalue weighted by Gasteiger charge is -2.22. The van der Waals surface area contributed by atoms with Crippen molar-refractivity contribution in [1.29, 1.82) is 0 Å². The van der Waals surface area contributed by atoms with Crippen LogP contribution in [0.5, 0.6) is 0 Å². The van der Waals surface area contributed by atoms with Crippen molar-refractivity contribution in [3.8, 4) is 0 Å². The molecule has 1 aliphatic rings. The average Bonchev–Trinajstić information content (AvgIpc) is 2.80. The quantitative estimate of drug-likeness (QED) is 0.579. The highest BCUT2D eigenvalue weighted by molar-refractivity contribution is 6.31. The summed E-state index contributed by atoms with van der Waals surface area (Å²) < 4.78 is 0. The Labute approximate surface area is 138 Å². The number of H-pyrrole nitrogens is 1. The fraction of sp³-hybridized carbons (Fsp3) is 0.375. The minimum absolute atomic E-state index is 0.0295. The van der Waals surface area contributed by atoms with Gasteiger partial charge in [0.25, 0.3) is 0 Å². The Morgan fingerprint density at radius 2 is 2.22 bits per heavy atom. The molecule has 4 N–H and O–H groups in total. The fourth-order valence-corrected chi connectivity index (χ4v) is 3.32. The molecule has 120 valence electrons. The number of nitrogens with zero attached hydrogens (tertiary/aromatic N) is 2. The van der Waals surface area contributed by atoms with Gasteiger partial charge in [-0.25, -0.2) is 9.97 Å². The molecule has 0 aliphatic carbocycles. The molecule has 3 aromatic rings. The van der Waals surface area contributed by atoms with E-state index in [2.05, 4.69) is 25.6 Å². The minimum Gasteiger partial charge on any atom is -0.390 e. The van der Waals surface area contributed by atoms with E-state index in [1.807, 2.05) is 18.2 Å². The molecule has 23 heavy (non-hydrogen) atoms. The van der Waals surface area contributed by atoms with E-state index in [9.17, 15) is 5.11 Å². The monoisotopic (exact) mass is 331 g/mol. The lowest BCUT2D eigenvalue weighted by Crippen LogP contribution is -2.38. The van der Waals surface area contributed by atoms with Gasteiger partial charge in [-0.15, -0.1) is 0 Å². The first-order chi connectivity index (χ1) is 11.2. The zero-order chi connectivity index (χ0) is 15.8. The standard InChI is InChI=1S/C16H18ClN5O/c17-9-3-4-11-10(6-9)14-15(21-11)16(20-8-19-14)22-12-2-1-5-18-7-13(12)23/h3-4,6,8,12-13,18,21,23H,1-2,5,7H2,(H,19,20,22)/t12?,13-/m1/s1. The van der Waals surface area contributed by atoms with Gasteiger partial charge in [-0.2, -0.15) is 0 Å². The van der Waals surface area contributed by atoms with Crippen molar-refractivity contribution in [2.24, 2.45) is 0 Å². The van der Waals surface area contributed by atoms with E-state index < -0.39 is 6.10 Å². The number of nitrogens with one attached hydrogen (secondary N) is 3. The summed E-state index contributed by atoms with van der Waals surface area (Å²) in [5, 5.41) is 18.5. The zero-order valence-electron chi connectivity index (χ0n) is 12.5. The summed E-state index contributed by atoms with van der Waals surface area (Å²) in [6.07, 6.45) is 3.01. The molecule has 1 fully saturated rings. The number of β-amino-alcohol motifs (C(OH)–C–C–N with tert-alkyl or cyclic N) is 1. The Kier molecular flexibility index (Phi) is 3.80. The van der Waals surface area contributed by atoms with Crippen LogP contribution in [0.25, 0.3) is 21.9 Å². The van der Waals surface area contributed by atoms with Crippen LogP contribution in [0.3, 0.4) is 0 Å². The van der Waals surface area contributed by atoms with Gasteiger partial charge < -0.3 is 20.7 Å². The molecule has 0 saturated carbocycles. The second-order valence-corrected chi connectivity index (χ2v) is 6.36. The van der Waals surface area contributed by atoms with Crippen LogP contribution in [0.1, 0.15) is 12.8 Å². The maximum Gasteiger partial charge on any atom is 0.154 e. The number of benzene rings is 1. The summed E-state index contributed by atoms with van der Waals surface area (Å²) in [4.78, 5) is 12.1. The number of anilines is 1. The molecule has 0 radical (unpaired) electrons. The Morgan fingerprint density at radius 3 is 3.13 bits per heavy atom. The van der Waals surface area contributed by atoms with E-state index in [1.165, 1.54) is 0 Å². The van der Waals surface area contributed by atoms with Crippen LogP contribution in [-0.4, -0.2) is 45.3 Å². The average molecular weight is 332 g/mol. The molecule has 0 bridgehead atoms. The number of aliphatic hydroxyl groups excluding tert-OH is 1. The molecule has 6 nitrogen and oxygen atoms in total. The molecule has 2 atom stereocenters. The summed E-state index contributed by atoms with van der Waals surface area (Å²) in [6, 6.07) is 5.66. The number of rotatable bonds is 2. The number of aromatic nitrogens is 3. The van der Waals surface area contributed by atoms with Gasteiger partial charge in [0.2, 0.25) is 0 Å². The molecule has 2 aromatic heterocycles. The van der Waals surface area contributed by atoms with Gasteiger partial charge in [0.15, 0.2) is 5.82 Å². The second-order valence-electron chi connectivity index (χ2n) is 5.93. The third-order valence-electron chi connectivity index (χ3n) is 4.35. The van der Waals surface area contributed by atoms with Gasteiger partial charge in [0.1, 0.15) is 17.4 Å². The first-order valence-electron chi connectivity index (χ1n) is 7.79. The smallest absolute Gasteiger partial charge is 0.154 e. The number of fused-ring (bicyclic) bond motifs is 3. The maximum atomic E-state index is 10.3. The Balaban J connectivity index is 1.76. The van der Waals surface area contributed by atoms with E-state index in [1.54, 1.807) is 6.33 Å². The number of hydrogen-bond donors (Lipinski definition) is 4. The Morgan fingerprint density at radius 1 is 1.30 bits per heavy atom. The van der Waals surface area contributed by atoms with Crippen molar-refractivity contribution in [2.75, 3.05) is 18.4 Å². The topological polar surface area (TPSA) is 85.9 Å². The minimum atomic E-state index is -0.443. The van der Waals surface area contributed by atoms with Crippen LogP contribution >= 0.6 is 11.6 Å². The third kappa shape index (κ3) is 2.73. The normalized spacial score (nSPS) is 22.3. The maximum absolute atomic E-state index is 10.3. The highest BCUT2D eigenvalue weighted by Crippen LogP contribution is 2.29. The van der Waals surface area contributed by atoms with Crippen molar-refractivity contribution < 1.29 is 5.11 Å². The molecule has 1 aliphatic heterocycles. The van der Waals surface area contributed by atoms with E-state index >= 15 is 0 Å². The SMILES string of the molecule is O[C@@H]1CNCCCC1Nc1ncnc2c1[nH]c1ccc(Cl)cc12. The number of aromatic amines is 1. The van der Waals surface area contributed by atoms with Crippen LogP contribution in [-0.2, 0) is 0 Å². The third-order valence-corrected chi connectivity index (χ3v) is 4.59. The van der Waals surface area contributed by atoms with E-state index in [0.29, 0.717) is 17.4 Å². The van der Waals surface area contributed by atoms with E-state index in [4.69, 9.17) is 11.6 Å². The van der Waals surface area contributed by atoms with Gasteiger partial charge >= 0.3 is 0 Å². The first kappa shape index (κ1) is 14.7. The molecule has 4 rings (SSSR count). The van der Waals surface area contributed by atoms with Gasteiger partial charge in [0.05, 0.1) is 12.1 Å².